The van der Waals surface area contributed by atoms with E-state index in [0.717, 1.165) is 37.7 Å². The number of aliphatic carboxylic acids is 2. The maximum atomic E-state index is 12.2. The molecule has 1 rings (SSSR count). The van der Waals surface area contributed by atoms with E-state index in [9.17, 15) is 19.8 Å². The van der Waals surface area contributed by atoms with Crippen LogP contribution in [0.2, 0.25) is 0 Å². The number of hydrogen-bond donors (Lipinski definition) is 2. The molecule has 0 spiro atoms. The van der Waals surface area contributed by atoms with Gasteiger partial charge in [-0.3, -0.25) is 9.59 Å². The van der Waals surface area contributed by atoms with E-state index in [-0.39, 0.29) is 0 Å². The van der Waals surface area contributed by atoms with Crippen molar-refractivity contribution in [2.24, 2.45) is 17.8 Å². The van der Waals surface area contributed by atoms with Crippen molar-refractivity contribution in [1.29, 1.82) is 0 Å². The molecule has 0 aliphatic heterocycles. The molecule has 30 heavy (non-hydrogen) atoms. The Balaban J connectivity index is 3.33. The highest BCUT2D eigenvalue weighted by Crippen LogP contribution is 2.35. The fourth-order valence-corrected chi connectivity index (χ4v) is 4.13. The Morgan fingerprint density at radius 1 is 0.700 bits per heavy atom. The molecule has 0 aromatic heterocycles. The number of carboxylic acids is 2. The minimum atomic E-state index is -0.858. The Hall–Kier alpha value is -1.84. The Morgan fingerprint density at radius 3 is 1.57 bits per heavy atom. The summed E-state index contributed by atoms with van der Waals surface area (Å²) in [6, 6.07) is 5.85. The first kappa shape index (κ1) is 26.2. The topological polar surface area (TPSA) is 74.6 Å². The Kier molecular flexibility index (Phi) is 11.1. The molecule has 2 N–H and O–H groups in total. The van der Waals surface area contributed by atoms with Crippen LogP contribution in [0.1, 0.15) is 109 Å². The van der Waals surface area contributed by atoms with E-state index in [2.05, 4.69) is 41.5 Å². The number of hydrogen-bond acceptors (Lipinski definition) is 2. The lowest BCUT2D eigenvalue weighted by molar-refractivity contribution is -0.140. The van der Waals surface area contributed by atoms with Crippen molar-refractivity contribution in [2.75, 3.05) is 0 Å². The predicted molar refractivity (Wildman–Crippen MR) is 123 cm³/mol. The SMILES string of the molecule is CC(C)CCCC(C(=O)O)c1ccc(CC(C)C)cc1C(CCCC(C)C)C(=O)O. The highest BCUT2D eigenvalue weighted by molar-refractivity contribution is 5.80. The Bertz CT molecular complexity index is 676. The van der Waals surface area contributed by atoms with Crippen molar-refractivity contribution < 1.29 is 19.8 Å². The van der Waals surface area contributed by atoms with E-state index in [1.54, 1.807) is 0 Å². The molecule has 4 heteroatoms. The van der Waals surface area contributed by atoms with Crippen LogP contribution in [-0.2, 0) is 16.0 Å². The van der Waals surface area contributed by atoms with Gasteiger partial charge in [0.15, 0.2) is 0 Å². The molecule has 0 heterocycles. The second-order valence-electron chi connectivity index (χ2n) is 9.99. The third-order valence-corrected chi connectivity index (χ3v) is 5.69. The van der Waals surface area contributed by atoms with Gasteiger partial charge in [0.1, 0.15) is 0 Å². The Labute approximate surface area is 183 Å². The van der Waals surface area contributed by atoms with Crippen LogP contribution in [0, 0.1) is 17.8 Å². The summed E-state index contributed by atoms with van der Waals surface area (Å²) in [5.74, 6) is -1.52. The van der Waals surface area contributed by atoms with Crippen LogP contribution in [0.3, 0.4) is 0 Å². The number of carbonyl (C=O) groups is 2. The summed E-state index contributed by atoms with van der Waals surface area (Å²) in [7, 11) is 0. The Morgan fingerprint density at radius 2 is 1.17 bits per heavy atom. The van der Waals surface area contributed by atoms with Crippen LogP contribution < -0.4 is 0 Å². The maximum Gasteiger partial charge on any atom is 0.310 e. The summed E-state index contributed by atoms with van der Waals surface area (Å²) >= 11 is 0. The van der Waals surface area contributed by atoms with E-state index in [4.69, 9.17) is 0 Å². The zero-order valence-corrected chi connectivity index (χ0v) is 19.8. The second kappa shape index (κ2) is 12.8. The quantitative estimate of drug-likeness (QED) is 0.345. The first-order chi connectivity index (χ1) is 14.0. The molecule has 0 amide bonds. The van der Waals surface area contributed by atoms with Crippen LogP contribution in [-0.4, -0.2) is 22.2 Å². The monoisotopic (exact) mass is 418 g/mol. The molecule has 1 aromatic carbocycles. The molecule has 0 saturated carbocycles. The van der Waals surface area contributed by atoms with Gasteiger partial charge in [-0.2, -0.15) is 0 Å². The highest BCUT2D eigenvalue weighted by Gasteiger charge is 2.29. The highest BCUT2D eigenvalue weighted by atomic mass is 16.4. The van der Waals surface area contributed by atoms with E-state index >= 15 is 0 Å². The molecule has 4 nitrogen and oxygen atoms in total. The van der Waals surface area contributed by atoms with Gasteiger partial charge in [0.25, 0.3) is 0 Å². The van der Waals surface area contributed by atoms with Crippen LogP contribution in [0.25, 0.3) is 0 Å². The molecule has 0 fully saturated rings. The summed E-state index contributed by atoms with van der Waals surface area (Å²) in [6.45, 7) is 12.8. The summed E-state index contributed by atoms with van der Waals surface area (Å²) < 4.78 is 0. The van der Waals surface area contributed by atoms with Crippen molar-refractivity contribution in [2.45, 2.75) is 98.3 Å². The summed E-state index contributed by atoms with van der Waals surface area (Å²) in [5.41, 5.74) is 2.49. The summed E-state index contributed by atoms with van der Waals surface area (Å²) in [6.07, 6.45) is 5.55. The lowest BCUT2D eigenvalue weighted by atomic mass is 9.81. The minimum Gasteiger partial charge on any atom is -0.481 e. The van der Waals surface area contributed by atoms with Gasteiger partial charge in [-0.05, 0) is 53.7 Å². The fraction of sp³-hybridized carbons (Fsp3) is 0.692. The third kappa shape index (κ3) is 8.89. The first-order valence-electron chi connectivity index (χ1n) is 11.6. The molecule has 1 aromatic rings. The van der Waals surface area contributed by atoms with Crippen LogP contribution >= 0.6 is 0 Å². The number of carboxylic acid groups (broad SMARTS) is 2. The average Bonchev–Trinajstić information content (AvgIpc) is 2.61. The molecule has 170 valence electrons. The van der Waals surface area contributed by atoms with Crippen molar-refractivity contribution in [3.8, 4) is 0 Å². The van der Waals surface area contributed by atoms with Crippen molar-refractivity contribution in [3.63, 3.8) is 0 Å². The van der Waals surface area contributed by atoms with E-state index < -0.39 is 23.8 Å². The molecule has 0 bridgehead atoms. The van der Waals surface area contributed by atoms with Gasteiger partial charge in [0.05, 0.1) is 11.8 Å². The molecular formula is C26H42O4. The second-order valence-corrected chi connectivity index (χ2v) is 9.99. The molecule has 0 saturated heterocycles. The van der Waals surface area contributed by atoms with E-state index in [0.29, 0.717) is 41.7 Å². The van der Waals surface area contributed by atoms with Gasteiger partial charge in [-0.15, -0.1) is 0 Å². The van der Waals surface area contributed by atoms with E-state index in [1.165, 1.54) is 0 Å². The smallest absolute Gasteiger partial charge is 0.310 e. The fourth-order valence-electron chi connectivity index (χ4n) is 4.13. The zero-order valence-electron chi connectivity index (χ0n) is 19.8. The molecule has 2 atom stereocenters. The normalized spacial score (nSPS) is 13.8. The van der Waals surface area contributed by atoms with Gasteiger partial charge < -0.3 is 10.2 Å². The van der Waals surface area contributed by atoms with Crippen LogP contribution in [0.15, 0.2) is 18.2 Å². The van der Waals surface area contributed by atoms with Gasteiger partial charge >= 0.3 is 11.9 Å². The van der Waals surface area contributed by atoms with Crippen molar-refractivity contribution in [1.82, 2.24) is 0 Å². The zero-order chi connectivity index (χ0) is 22.8. The minimum absolute atomic E-state index is 0.453. The summed E-state index contributed by atoms with van der Waals surface area (Å²) in [5, 5.41) is 20.0. The van der Waals surface area contributed by atoms with Crippen molar-refractivity contribution >= 4 is 11.9 Å². The molecule has 0 radical (unpaired) electrons. The van der Waals surface area contributed by atoms with E-state index in [1.807, 2.05) is 18.2 Å². The van der Waals surface area contributed by atoms with Crippen molar-refractivity contribution in [3.05, 3.63) is 34.9 Å². The maximum absolute atomic E-state index is 12.2. The molecule has 2 unspecified atom stereocenters. The van der Waals surface area contributed by atoms with Gasteiger partial charge in [-0.1, -0.05) is 85.4 Å². The predicted octanol–water partition coefficient (Wildman–Crippen LogP) is 6.87. The number of benzene rings is 1. The number of rotatable bonds is 14. The summed E-state index contributed by atoms with van der Waals surface area (Å²) in [4.78, 5) is 24.3. The largest absolute Gasteiger partial charge is 0.481 e. The molecule has 0 aliphatic carbocycles. The van der Waals surface area contributed by atoms with Crippen LogP contribution in [0.4, 0.5) is 0 Å². The third-order valence-electron chi connectivity index (χ3n) is 5.69. The average molecular weight is 419 g/mol. The van der Waals surface area contributed by atoms with Crippen LogP contribution in [0.5, 0.6) is 0 Å². The van der Waals surface area contributed by atoms with Gasteiger partial charge in [-0.25, -0.2) is 0 Å². The van der Waals surface area contributed by atoms with Gasteiger partial charge in [0, 0.05) is 0 Å². The molecular weight excluding hydrogens is 376 g/mol. The first-order valence-corrected chi connectivity index (χ1v) is 11.6. The standard InChI is InChI=1S/C26H42O4/c1-17(2)9-7-11-22(25(27)28)21-14-13-20(15-19(5)6)16-24(21)23(26(29)30)12-8-10-18(3)4/h13-14,16-19,22-23H,7-12,15H2,1-6H3,(H,27,28)(H,29,30). The lowest BCUT2D eigenvalue weighted by Crippen LogP contribution is -2.20. The van der Waals surface area contributed by atoms with Gasteiger partial charge in [0.2, 0.25) is 0 Å². The lowest BCUT2D eigenvalue weighted by Gasteiger charge is -2.23. The molecule has 0 aliphatic rings.